The van der Waals surface area contributed by atoms with Gasteiger partial charge in [0.05, 0.1) is 11.7 Å². The zero-order valence-corrected chi connectivity index (χ0v) is 15.5. The summed E-state index contributed by atoms with van der Waals surface area (Å²) >= 11 is 12.0. The van der Waals surface area contributed by atoms with E-state index in [0.717, 1.165) is 0 Å². The largest absolute Gasteiger partial charge is 0.387 e. The van der Waals surface area contributed by atoms with Gasteiger partial charge < -0.3 is 10.0 Å². The Kier molecular flexibility index (Phi) is 6.14. The Hall–Kier alpha value is -1.66. The number of rotatable bonds is 4. The number of carbonyl (C=O) groups excluding carboxylic acids is 1. The Balaban J connectivity index is 1.57. The van der Waals surface area contributed by atoms with E-state index in [-0.39, 0.29) is 11.5 Å². The molecule has 1 saturated heterocycles. The van der Waals surface area contributed by atoms with E-state index in [1.807, 2.05) is 0 Å². The molecule has 0 aromatic heterocycles. The second-order valence-corrected chi connectivity index (χ2v) is 7.10. The van der Waals surface area contributed by atoms with E-state index in [4.69, 9.17) is 23.2 Å². The minimum atomic E-state index is -0.742. The molecule has 1 heterocycles. The van der Waals surface area contributed by atoms with Crippen molar-refractivity contribution in [3.63, 3.8) is 0 Å². The van der Waals surface area contributed by atoms with Gasteiger partial charge in [0.25, 0.3) is 5.91 Å². The van der Waals surface area contributed by atoms with Crippen molar-refractivity contribution in [1.29, 1.82) is 0 Å². The fourth-order valence-electron chi connectivity index (χ4n) is 3.05. The Morgan fingerprint density at radius 2 is 1.81 bits per heavy atom. The molecule has 3 rings (SSSR count). The summed E-state index contributed by atoms with van der Waals surface area (Å²) in [6.07, 6.45) is -0.742. The molecule has 26 heavy (non-hydrogen) atoms. The highest BCUT2D eigenvalue weighted by atomic mass is 35.5. The minimum absolute atomic E-state index is 0.0916. The quantitative estimate of drug-likeness (QED) is 0.857. The molecule has 4 nitrogen and oxygen atoms in total. The van der Waals surface area contributed by atoms with Gasteiger partial charge in [-0.05, 0) is 24.3 Å². The van der Waals surface area contributed by atoms with Crippen LogP contribution < -0.4 is 0 Å². The van der Waals surface area contributed by atoms with Crippen LogP contribution >= 0.6 is 23.2 Å². The molecule has 0 aliphatic carbocycles. The van der Waals surface area contributed by atoms with Gasteiger partial charge in [-0.25, -0.2) is 4.39 Å². The molecule has 0 radical (unpaired) electrons. The van der Waals surface area contributed by atoms with Crippen LogP contribution in [0.1, 0.15) is 22.0 Å². The summed E-state index contributed by atoms with van der Waals surface area (Å²) in [5.74, 6) is -0.809. The molecule has 1 N–H and O–H groups in total. The second kappa shape index (κ2) is 8.35. The molecule has 1 aliphatic heterocycles. The molecule has 2 aromatic rings. The lowest BCUT2D eigenvalue weighted by atomic mass is 10.1. The maximum Gasteiger partial charge on any atom is 0.256 e. The van der Waals surface area contributed by atoms with Crippen molar-refractivity contribution >= 4 is 29.1 Å². The van der Waals surface area contributed by atoms with Crippen molar-refractivity contribution in [2.45, 2.75) is 6.10 Å². The van der Waals surface area contributed by atoms with E-state index < -0.39 is 11.9 Å². The molecule has 138 valence electrons. The van der Waals surface area contributed by atoms with Crippen LogP contribution in [0.25, 0.3) is 0 Å². The van der Waals surface area contributed by atoms with Gasteiger partial charge in [-0.3, -0.25) is 9.69 Å². The Bertz CT molecular complexity index is 795. The molecule has 1 aliphatic rings. The summed E-state index contributed by atoms with van der Waals surface area (Å²) in [4.78, 5) is 16.1. The molecule has 1 atom stereocenters. The normalized spacial score (nSPS) is 16.5. The molecule has 1 amide bonds. The van der Waals surface area contributed by atoms with Crippen molar-refractivity contribution in [2.75, 3.05) is 32.7 Å². The summed E-state index contributed by atoms with van der Waals surface area (Å²) in [5.41, 5.74) is 0.717. The van der Waals surface area contributed by atoms with Crippen LogP contribution in [0.15, 0.2) is 42.5 Å². The maximum atomic E-state index is 13.8. The standard InChI is InChI=1S/C19H19Cl2FN2O2/c20-13-5-6-14(16(21)11-13)18(25)12-23-7-9-24(10-8-23)19(26)15-3-1-2-4-17(15)22/h1-6,11,18,25H,7-10,12H2/t18-/m0/s1. The SMILES string of the molecule is O=C(c1ccccc1F)N1CCN(C[C@H](O)c2ccc(Cl)cc2Cl)CC1. The molecule has 2 aromatic carbocycles. The lowest BCUT2D eigenvalue weighted by molar-refractivity contribution is 0.0524. The molecule has 0 unspecified atom stereocenters. The van der Waals surface area contributed by atoms with Gasteiger partial charge in [0.1, 0.15) is 5.82 Å². The van der Waals surface area contributed by atoms with Crippen LogP contribution in [-0.4, -0.2) is 53.5 Å². The van der Waals surface area contributed by atoms with Gasteiger partial charge in [0, 0.05) is 48.3 Å². The first-order valence-electron chi connectivity index (χ1n) is 8.35. The van der Waals surface area contributed by atoms with Crippen LogP contribution in [0.2, 0.25) is 10.0 Å². The first-order valence-corrected chi connectivity index (χ1v) is 9.10. The van der Waals surface area contributed by atoms with Gasteiger partial charge in [0.2, 0.25) is 0 Å². The number of amides is 1. The predicted molar refractivity (Wildman–Crippen MR) is 100 cm³/mol. The topological polar surface area (TPSA) is 43.8 Å². The van der Waals surface area contributed by atoms with Crippen LogP contribution in [0.3, 0.4) is 0 Å². The van der Waals surface area contributed by atoms with Crippen LogP contribution in [0.4, 0.5) is 4.39 Å². The summed E-state index contributed by atoms with van der Waals surface area (Å²) in [5, 5.41) is 11.4. The number of benzene rings is 2. The highest BCUT2D eigenvalue weighted by molar-refractivity contribution is 6.35. The van der Waals surface area contributed by atoms with Crippen molar-refractivity contribution in [3.05, 3.63) is 69.5 Å². The lowest BCUT2D eigenvalue weighted by Gasteiger charge is -2.35. The number of hydrogen-bond acceptors (Lipinski definition) is 3. The van der Waals surface area contributed by atoms with Gasteiger partial charge in [-0.15, -0.1) is 0 Å². The Labute approximate surface area is 161 Å². The zero-order valence-electron chi connectivity index (χ0n) is 14.0. The molecular weight excluding hydrogens is 378 g/mol. The van der Waals surface area contributed by atoms with Crippen molar-refractivity contribution in [2.24, 2.45) is 0 Å². The minimum Gasteiger partial charge on any atom is -0.387 e. The summed E-state index contributed by atoms with van der Waals surface area (Å²) in [6.45, 7) is 2.57. The molecule has 0 saturated carbocycles. The van der Waals surface area contributed by atoms with E-state index in [1.54, 1.807) is 35.2 Å². The number of hydrogen-bond donors (Lipinski definition) is 1. The number of carbonyl (C=O) groups is 1. The average Bonchev–Trinajstić information content (AvgIpc) is 2.62. The van der Waals surface area contributed by atoms with Crippen molar-refractivity contribution in [1.82, 2.24) is 9.80 Å². The fourth-order valence-corrected chi connectivity index (χ4v) is 3.59. The highest BCUT2D eigenvalue weighted by Gasteiger charge is 2.25. The van der Waals surface area contributed by atoms with E-state index in [2.05, 4.69) is 4.90 Å². The Morgan fingerprint density at radius 3 is 2.46 bits per heavy atom. The van der Waals surface area contributed by atoms with E-state index >= 15 is 0 Å². The lowest BCUT2D eigenvalue weighted by Crippen LogP contribution is -2.49. The number of piperazine rings is 1. The first kappa shape index (κ1) is 19.1. The summed E-state index contributed by atoms with van der Waals surface area (Å²) in [7, 11) is 0. The van der Waals surface area contributed by atoms with Crippen LogP contribution in [0.5, 0.6) is 0 Å². The number of aliphatic hydroxyl groups is 1. The van der Waals surface area contributed by atoms with E-state index in [0.29, 0.717) is 48.3 Å². The molecule has 0 spiro atoms. The maximum absolute atomic E-state index is 13.8. The van der Waals surface area contributed by atoms with Gasteiger partial charge in [-0.1, -0.05) is 41.4 Å². The molecule has 1 fully saturated rings. The monoisotopic (exact) mass is 396 g/mol. The number of halogens is 3. The fraction of sp³-hybridized carbons (Fsp3) is 0.316. The third-order valence-corrected chi connectivity index (χ3v) is 5.08. The van der Waals surface area contributed by atoms with Gasteiger partial charge >= 0.3 is 0 Å². The Morgan fingerprint density at radius 1 is 1.12 bits per heavy atom. The highest BCUT2D eigenvalue weighted by Crippen LogP contribution is 2.27. The van der Waals surface area contributed by atoms with Crippen molar-refractivity contribution < 1.29 is 14.3 Å². The van der Waals surface area contributed by atoms with Gasteiger partial charge in [-0.2, -0.15) is 0 Å². The van der Waals surface area contributed by atoms with Crippen LogP contribution in [0, 0.1) is 5.82 Å². The molecular formula is C19H19Cl2FN2O2. The second-order valence-electron chi connectivity index (χ2n) is 6.25. The number of β-amino-alcohol motifs (C(OH)–C–C–N with tert-alkyl or cyclic N) is 1. The van der Waals surface area contributed by atoms with E-state index in [1.165, 1.54) is 12.1 Å². The van der Waals surface area contributed by atoms with E-state index in [9.17, 15) is 14.3 Å². The average molecular weight is 397 g/mol. The predicted octanol–water partition coefficient (Wildman–Crippen LogP) is 3.62. The van der Waals surface area contributed by atoms with Crippen LogP contribution in [-0.2, 0) is 0 Å². The molecule has 7 heteroatoms. The van der Waals surface area contributed by atoms with Crippen molar-refractivity contribution in [3.8, 4) is 0 Å². The summed E-state index contributed by atoms with van der Waals surface area (Å²) < 4.78 is 13.8. The molecule has 0 bridgehead atoms. The first-order chi connectivity index (χ1) is 12.5. The van der Waals surface area contributed by atoms with Gasteiger partial charge in [0.15, 0.2) is 0 Å². The smallest absolute Gasteiger partial charge is 0.256 e. The third kappa shape index (κ3) is 4.35. The number of aliphatic hydroxyl groups excluding tert-OH is 1. The zero-order chi connectivity index (χ0) is 18.7. The summed E-state index contributed by atoms with van der Waals surface area (Å²) in [6, 6.07) is 11.0. The third-order valence-electron chi connectivity index (χ3n) is 4.52. The number of nitrogens with zero attached hydrogens (tertiary/aromatic N) is 2.